The first-order valence-corrected chi connectivity index (χ1v) is 7.18. The molecule has 0 saturated heterocycles. The summed E-state index contributed by atoms with van der Waals surface area (Å²) in [6.07, 6.45) is 0. The Balaban J connectivity index is 2.06. The second-order valence-electron chi connectivity index (χ2n) is 4.74. The Bertz CT molecular complexity index is 674. The molecule has 0 bridgehead atoms. The fourth-order valence-electron chi connectivity index (χ4n) is 2.04. The second-order valence-corrected chi connectivity index (χ2v) is 4.74. The normalized spacial score (nSPS) is 10.3. The Morgan fingerprint density at radius 3 is 2.45 bits per heavy atom. The number of benzene rings is 1. The van der Waals surface area contributed by atoms with Crippen LogP contribution in [0.1, 0.15) is 40.4 Å². The molecule has 0 fully saturated rings. The quantitative estimate of drug-likeness (QED) is 0.862. The van der Waals surface area contributed by atoms with Crippen molar-refractivity contribution in [1.29, 1.82) is 0 Å². The van der Waals surface area contributed by atoms with Gasteiger partial charge in [0.05, 0.1) is 12.2 Å². The SMILES string of the molecule is CCOC(=O)c1ccc(NC(=O)c2cc(C)n(CC)n2)cc1. The van der Waals surface area contributed by atoms with E-state index < -0.39 is 0 Å². The highest BCUT2D eigenvalue weighted by molar-refractivity contribution is 6.03. The summed E-state index contributed by atoms with van der Waals surface area (Å²) in [7, 11) is 0. The Morgan fingerprint density at radius 2 is 1.91 bits per heavy atom. The van der Waals surface area contributed by atoms with Gasteiger partial charge in [0.25, 0.3) is 5.91 Å². The number of amides is 1. The molecule has 0 aliphatic heterocycles. The number of ether oxygens (including phenoxy) is 1. The predicted molar refractivity (Wildman–Crippen MR) is 83.0 cm³/mol. The van der Waals surface area contributed by atoms with E-state index in [0.717, 1.165) is 5.69 Å². The van der Waals surface area contributed by atoms with Gasteiger partial charge >= 0.3 is 5.97 Å². The molecular weight excluding hydrogens is 282 g/mol. The average molecular weight is 301 g/mol. The number of hydrogen-bond acceptors (Lipinski definition) is 4. The van der Waals surface area contributed by atoms with Crippen LogP contribution in [0.4, 0.5) is 5.69 Å². The lowest BCUT2D eigenvalue weighted by atomic mass is 10.2. The molecule has 0 aliphatic rings. The van der Waals surface area contributed by atoms with Gasteiger partial charge in [-0.15, -0.1) is 0 Å². The Morgan fingerprint density at radius 1 is 1.23 bits per heavy atom. The number of carbonyl (C=O) groups excluding carboxylic acids is 2. The molecule has 0 saturated carbocycles. The first-order valence-electron chi connectivity index (χ1n) is 7.18. The Hall–Kier alpha value is -2.63. The van der Waals surface area contributed by atoms with Crippen molar-refractivity contribution < 1.29 is 14.3 Å². The van der Waals surface area contributed by atoms with E-state index in [0.29, 0.717) is 30.1 Å². The third kappa shape index (κ3) is 3.52. The molecule has 1 aromatic carbocycles. The van der Waals surface area contributed by atoms with Crippen LogP contribution in [0.2, 0.25) is 0 Å². The summed E-state index contributed by atoms with van der Waals surface area (Å²) in [5.41, 5.74) is 2.35. The Kier molecular flexibility index (Phi) is 4.93. The van der Waals surface area contributed by atoms with Gasteiger partial charge in [0.2, 0.25) is 0 Å². The van der Waals surface area contributed by atoms with Crippen molar-refractivity contribution in [1.82, 2.24) is 9.78 Å². The molecule has 2 aromatic rings. The minimum atomic E-state index is -0.377. The number of esters is 1. The number of nitrogens with zero attached hydrogens (tertiary/aromatic N) is 2. The molecule has 116 valence electrons. The lowest BCUT2D eigenvalue weighted by Gasteiger charge is -2.05. The van der Waals surface area contributed by atoms with E-state index in [2.05, 4.69) is 10.4 Å². The first kappa shape index (κ1) is 15.8. The number of anilines is 1. The van der Waals surface area contributed by atoms with Gasteiger partial charge in [0.15, 0.2) is 5.69 Å². The highest BCUT2D eigenvalue weighted by Gasteiger charge is 2.12. The number of aryl methyl sites for hydroxylation is 2. The lowest BCUT2D eigenvalue weighted by Crippen LogP contribution is -2.13. The maximum absolute atomic E-state index is 12.1. The fraction of sp³-hybridized carbons (Fsp3) is 0.312. The summed E-state index contributed by atoms with van der Waals surface area (Å²) in [6, 6.07) is 8.29. The number of rotatable bonds is 5. The number of hydrogen-bond donors (Lipinski definition) is 1. The standard InChI is InChI=1S/C16H19N3O3/c1-4-19-11(3)10-14(18-19)15(20)17-13-8-6-12(7-9-13)16(21)22-5-2/h6-10H,4-5H2,1-3H3,(H,17,20). The van der Waals surface area contributed by atoms with Gasteiger partial charge in [-0.1, -0.05) is 0 Å². The molecule has 6 nitrogen and oxygen atoms in total. The van der Waals surface area contributed by atoms with Gasteiger partial charge in [-0.3, -0.25) is 9.48 Å². The minimum absolute atomic E-state index is 0.279. The van der Waals surface area contributed by atoms with E-state index in [1.165, 1.54) is 0 Å². The summed E-state index contributed by atoms with van der Waals surface area (Å²) in [5, 5.41) is 6.98. The Labute approximate surface area is 129 Å². The van der Waals surface area contributed by atoms with Gasteiger partial charge in [0.1, 0.15) is 0 Å². The third-order valence-corrected chi connectivity index (χ3v) is 3.17. The van der Waals surface area contributed by atoms with Crippen LogP contribution in [0.5, 0.6) is 0 Å². The second kappa shape index (κ2) is 6.89. The van der Waals surface area contributed by atoms with Crippen LogP contribution in [0.3, 0.4) is 0 Å². The molecule has 1 aromatic heterocycles. The smallest absolute Gasteiger partial charge is 0.338 e. The van der Waals surface area contributed by atoms with E-state index in [4.69, 9.17) is 4.74 Å². The molecule has 22 heavy (non-hydrogen) atoms. The van der Waals surface area contributed by atoms with Crippen LogP contribution in [-0.4, -0.2) is 28.3 Å². The molecule has 0 radical (unpaired) electrons. The van der Waals surface area contributed by atoms with Crippen LogP contribution in [0.25, 0.3) is 0 Å². The maximum Gasteiger partial charge on any atom is 0.338 e. The zero-order chi connectivity index (χ0) is 16.1. The van der Waals surface area contributed by atoms with Gasteiger partial charge in [-0.2, -0.15) is 5.10 Å². The third-order valence-electron chi connectivity index (χ3n) is 3.17. The minimum Gasteiger partial charge on any atom is -0.462 e. The summed E-state index contributed by atoms with van der Waals surface area (Å²) in [6.45, 7) is 6.67. The molecule has 0 spiro atoms. The molecular formula is C16H19N3O3. The number of aromatic nitrogens is 2. The summed E-state index contributed by atoms with van der Waals surface area (Å²) in [4.78, 5) is 23.7. The first-order chi connectivity index (χ1) is 10.5. The van der Waals surface area contributed by atoms with Crippen molar-refractivity contribution >= 4 is 17.6 Å². The van der Waals surface area contributed by atoms with Crippen molar-refractivity contribution in [3.63, 3.8) is 0 Å². The zero-order valence-electron chi connectivity index (χ0n) is 12.9. The van der Waals surface area contributed by atoms with E-state index in [1.807, 2.05) is 13.8 Å². The highest BCUT2D eigenvalue weighted by atomic mass is 16.5. The van der Waals surface area contributed by atoms with Crippen LogP contribution < -0.4 is 5.32 Å². The van der Waals surface area contributed by atoms with Crippen LogP contribution in [0, 0.1) is 6.92 Å². The van der Waals surface area contributed by atoms with Gasteiger partial charge in [0, 0.05) is 17.9 Å². The fourth-order valence-corrected chi connectivity index (χ4v) is 2.04. The van der Waals surface area contributed by atoms with E-state index in [9.17, 15) is 9.59 Å². The molecule has 1 amide bonds. The molecule has 1 heterocycles. The van der Waals surface area contributed by atoms with E-state index >= 15 is 0 Å². The average Bonchev–Trinajstić information content (AvgIpc) is 2.89. The maximum atomic E-state index is 12.1. The van der Waals surface area contributed by atoms with Crippen LogP contribution >= 0.6 is 0 Å². The van der Waals surface area contributed by atoms with Gasteiger partial charge in [-0.25, -0.2) is 4.79 Å². The van der Waals surface area contributed by atoms with Crippen molar-refractivity contribution in [2.45, 2.75) is 27.3 Å². The monoisotopic (exact) mass is 301 g/mol. The van der Waals surface area contributed by atoms with Crippen molar-refractivity contribution in [2.75, 3.05) is 11.9 Å². The largest absolute Gasteiger partial charge is 0.462 e. The topological polar surface area (TPSA) is 73.2 Å². The van der Waals surface area contributed by atoms with Crippen molar-refractivity contribution in [2.24, 2.45) is 0 Å². The molecule has 2 rings (SSSR count). The van der Waals surface area contributed by atoms with E-state index in [1.54, 1.807) is 41.9 Å². The summed E-state index contributed by atoms with van der Waals surface area (Å²) in [5.74, 6) is -0.656. The summed E-state index contributed by atoms with van der Waals surface area (Å²) < 4.78 is 6.67. The van der Waals surface area contributed by atoms with Crippen molar-refractivity contribution in [3.8, 4) is 0 Å². The van der Waals surface area contributed by atoms with Crippen LogP contribution in [0.15, 0.2) is 30.3 Å². The molecule has 1 N–H and O–H groups in total. The number of carbonyl (C=O) groups is 2. The van der Waals surface area contributed by atoms with Crippen LogP contribution in [-0.2, 0) is 11.3 Å². The van der Waals surface area contributed by atoms with Gasteiger partial charge in [-0.05, 0) is 51.1 Å². The van der Waals surface area contributed by atoms with E-state index in [-0.39, 0.29) is 11.9 Å². The predicted octanol–water partition coefficient (Wildman–Crippen LogP) is 2.64. The molecule has 0 aliphatic carbocycles. The summed E-state index contributed by atoms with van der Waals surface area (Å²) >= 11 is 0. The number of nitrogens with one attached hydrogen (secondary N) is 1. The lowest BCUT2D eigenvalue weighted by molar-refractivity contribution is 0.0526. The molecule has 0 unspecified atom stereocenters. The highest BCUT2D eigenvalue weighted by Crippen LogP contribution is 2.12. The van der Waals surface area contributed by atoms with Crippen molar-refractivity contribution in [3.05, 3.63) is 47.3 Å². The molecule has 6 heteroatoms. The zero-order valence-corrected chi connectivity index (χ0v) is 12.9. The molecule has 0 atom stereocenters. The van der Waals surface area contributed by atoms with Gasteiger partial charge < -0.3 is 10.1 Å².